The maximum absolute atomic E-state index is 6.36. The monoisotopic (exact) mass is 287 g/mol. The first-order chi connectivity index (χ1) is 9.84. The quantitative estimate of drug-likeness (QED) is 0.941. The number of hydrogen-bond donors (Lipinski definition) is 1. The van der Waals surface area contributed by atoms with E-state index in [0.29, 0.717) is 6.04 Å². The van der Waals surface area contributed by atoms with Crippen molar-refractivity contribution < 1.29 is 0 Å². The topological polar surface area (TPSA) is 28.2 Å². The van der Waals surface area contributed by atoms with Gasteiger partial charge in [0.05, 0.1) is 5.69 Å². The van der Waals surface area contributed by atoms with Crippen LogP contribution in [0, 0.1) is 0 Å². The smallest absolute Gasteiger partial charge is 0.0544 e. The Hall–Kier alpha value is -1.42. The summed E-state index contributed by atoms with van der Waals surface area (Å²) in [4.78, 5) is 6.87. The highest BCUT2D eigenvalue weighted by Gasteiger charge is 2.25. The van der Waals surface area contributed by atoms with Crippen molar-refractivity contribution in [1.82, 2.24) is 15.2 Å². The van der Waals surface area contributed by atoms with Gasteiger partial charge < -0.3 is 5.32 Å². The number of aromatic nitrogens is 1. The summed E-state index contributed by atoms with van der Waals surface area (Å²) in [5, 5.41) is 4.30. The summed E-state index contributed by atoms with van der Waals surface area (Å²) in [6, 6.07) is 14.5. The number of nitrogens with zero attached hydrogens (tertiary/aromatic N) is 2. The third kappa shape index (κ3) is 3.01. The third-order valence-electron chi connectivity index (χ3n) is 3.71. The van der Waals surface area contributed by atoms with Gasteiger partial charge in [0, 0.05) is 43.4 Å². The fourth-order valence-electron chi connectivity index (χ4n) is 2.69. The van der Waals surface area contributed by atoms with Crippen LogP contribution in [-0.2, 0) is 6.54 Å². The van der Waals surface area contributed by atoms with Gasteiger partial charge in [-0.2, -0.15) is 0 Å². The van der Waals surface area contributed by atoms with Gasteiger partial charge in [0.25, 0.3) is 0 Å². The Bertz CT molecular complexity index is 559. The molecule has 0 spiro atoms. The van der Waals surface area contributed by atoms with E-state index in [9.17, 15) is 0 Å². The Morgan fingerprint density at radius 1 is 1.20 bits per heavy atom. The van der Waals surface area contributed by atoms with Gasteiger partial charge in [0.15, 0.2) is 0 Å². The molecule has 2 heterocycles. The first-order valence-corrected chi connectivity index (χ1v) is 7.31. The van der Waals surface area contributed by atoms with Crippen LogP contribution in [0.4, 0.5) is 0 Å². The first kappa shape index (κ1) is 13.6. The molecule has 1 aromatic carbocycles. The van der Waals surface area contributed by atoms with E-state index in [1.807, 2.05) is 30.5 Å². The summed E-state index contributed by atoms with van der Waals surface area (Å²) >= 11 is 6.36. The molecule has 1 fully saturated rings. The Labute approximate surface area is 124 Å². The molecule has 1 aliphatic rings. The van der Waals surface area contributed by atoms with E-state index < -0.39 is 0 Å². The van der Waals surface area contributed by atoms with Gasteiger partial charge in [-0.05, 0) is 23.8 Å². The van der Waals surface area contributed by atoms with Crippen LogP contribution in [0.2, 0.25) is 5.02 Å². The second-order valence-electron chi connectivity index (χ2n) is 5.03. The van der Waals surface area contributed by atoms with Crippen molar-refractivity contribution in [2.75, 3.05) is 19.6 Å². The van der Waals surface area contributed by atoms with Crippen molar-refractivity contribution >= 4 is 11.6 Å². The average molecular weight is 288 g/mol. The summed E-state index contributed by atoms with van der Waals surface area (Å²) in [6.07, 6.45) is 1.85. The minimum Gasteiger partial charge on any atom is -0.314 e. The molecular weight excluding hydrogens is 270 g/mol. The lowest BCUT2D eigenvalue weighted by atomic mass is 10.0. The van der Waals surface area contributed by atoms with Crippen LogP contribution in [0.15, 0.2) is 48.7 Å². The van der Waals surface area contributed by atoms with E-state index in [0.717, 1.165) is 36.9 Å². The minimum atomic E-state index is 0.305. The van der Waals surface area contributed by atoms with Gasteiger partial charge in [0.1, 0.15) is 0 Å². The summed E-state index contributed by atoms with van der Waals surface area (Å²) in [5.74, 6) is 0. The molecule has 1 atom stereocenters. The van der Waals surface area contributed by atoms with Crippen LogP contribution in [0.5, 0.6) is 0 Å². The average Bonchev–Trinajstić information content (AvgIpc) is 2.50. The zero-order valence-electron chi connectivity index (χ0n) is 11.3. The molecule has 0 radical (unpaired) electrons. The normalized spacial score (nSPS) is 19.9. The standard InChI is InChI=1S/C16H18ClN3/c17-15-7-2-1-6-14(15)16-11-18-9-10-20(16)12-13-5-3-4-8-19-13/h1-8,16,18H,9-12H2. The molecule has 0 aliphatic carbocycles. The SMILES string of the molecule is Clc1ccccc1C1CNCCN1Cc1ccccn1. The summed E-state index contributed by atoms with van der Waals surface area (Å²) < 4.78 is 0. The number of benzene rings is 1. The van der Waals surface area contributed by atoms with Gasteiger partial charge in [-0.3, -0.25) is 9.88 Å². The molecular formula is C16H18ClN3. The molecule has 1 unspecified atom stereocenters. The predicted molar refractivity (Wildman–Crippen MR) is 81.7 cm³/mol. The number of hydrogen-bond acceptors (Lipinski definition) is 3. The molecule has 1 saturated heterocycles. The van der Waals surface area contributed by atoms with Gasteiger partial charge >= 0.3 is 0 Å². The Kier molecular flexibility index (Phi) is 4.31. The molecule has 3 nitrogen and oxygen atoms in total. The Balaban J connectivity index is 1.83. The fourth-order valence-corrected chi connectivity index (χ4v) is 2.95. The second-order valence-corrected chi connectivity index (χ2v) is 5.44. The van der Waals surface area contributed by atoms with Gasteiger partial charge in [0.2, 0.25) is 0 Å². The predicted octanol–water partition coefficient (Wildman–Crippen LogP) is 2.88. The van der Waals surface area contributed by atoms with Crippen molar-refractivity contribution in [3.63, 3.8) is 0 Å². The molecule has 0 amide bonds. The maximum Gasteiger partial charge on any atom is 0.0544 e. The lowest BCUT2D eigenvalue weighted by Gasteiger charge is -2.36. The molecule has 3 rings (SSSR count). The summed E-state index contributed by atoms with van der Waals surface area (Å²) in [5.41, 5.74) is 2.30. The van der Waals surface area contributed by atoms with Crippen LogP contribution in [0.25, 0.3) is 0 Å². The van der Waals surface area contributed by atoms with Crippen LogP contribution in [-0.4, -0.2) is 29.5 Å². The van der Waals surface area contributed by atoms with E-state index in [1.165, 1.54) is 5.56 Å². The number of piperazine rings is 1. The van der Waals surface area contributed by atoms with E-state index in [1.54, 1.807) is 0 Å². The molecule has 1 N–H and O–H groups in total. The van der Waals surface area contributed by atoms with Crippen LogP contribution >= 0.6 is 11.6 Å². The lowest BCUT2D eigenvalue weighted by Crippen LogP contribution is -2.45. The van der Waals surface area contributed by atoms with Gasteiger partial charge in [-0.1, -0.05) is 35.9 Å². The van der Waals surface area contributed by atoms with E-state index >= 15 is 0 Å². The fraction of sp³-hybridized carbons (Fsp3) is 0.312. The lowest BCUT2D eigenvalue weighted by molar-refractivity contribution is 0.152. The second kappa shape index (κ2) is 6.35. The van der Waals surface area contributed by atoms with Crippen molar-refractivity contribution in [1.29, 1.82) is 0 Å². The number of halogens is 1. The van der Waals surface area contributed by atoms with E-state index in [4.69, 9.17) is 11.6 Å². The Morgan fingerprint density at radius 3 is 2.85 bits per heavy atom. The van der Waals surface area contributed by atoms with Crippen molar-refractivity contribution in [2.24, 2.45) is 0 Å². The molecule has 20 heavy (non-hydrogen) atoms. The van der Waals surface area contributed by atoms with Crippen LogP contribution in [0.1, 0.15) is 17.3 Å². The molecule has 1 aromatic heterocycles. The summed E-state index contributed by atoms with van der Waals surface area (Å²) in [7, 11) is 0. The highest BCUT2D eigenvalue weighted by molar-refractivity contribution is 6.31. The zero-order valence-corrected chi connectivity index (χ0v) is 12.1. The van der Waals surface area contributed by atoms with E-state index in [-0.39, 0.29) is 0 Å². The maximum atomic E-state index is 6.36. The zero-order chi connectivity index (χ0) is 13.8. The highest BCUT2D eigenvalue weighted by atomic mass is 35.5. The van der Waals surface area contributed by atoms with Crippen LogP contribution in [0.3, 0.4) is 0 Å². The third-order valence-corrected chi connectivity index (χ3v) is 4.05. The summed E-state index contributed by atoms with van der Waals surface area (Å²) in [6.45, 7) is 3.80. The molecule has 0 saturated carbocycles. The highest BCUT2D eigenvalue weighted by Crippen LogP contribution is 2.29. The molecule has 4 heteroatoms. The van der Waals surface area contributed by atoms with E-state index in [2.05, 4.69) is 33.4 Å². The van der Waals surface area contributed by atoms with Crippen LogP contribution < -0.4 is 5.32 Å². The number of nitrogens with one attached hydrogen (secondary N) is 1. The number of rotatable bonds is 3. The largest absolute Gasteiger partial charge is 0.314 e. The Morgan fingerprint density at radius 2 is 2.05 bits per heavy atom. The molecule has 104 valence electrons. The van der Waals surface area contributed by atoms with Crippen molar-refractivity contribution in [3.8, 4) is 0 Å². The number of pyridine rings is 1. The first-order valence-electron chi connectivity index (χ1n) is 6.94. The minimum absolute atomic E-state index is 0.305. The van der Waals surface area contributed by atoms with Gasteiger partial charge in [-0.25, -0.2) is 0 Å². The molecule has 2 aromatic rings. The van der Waals surface area contributed by atoms with Crippen molar-refractivity contribution in [2.45, 2.75) is 12.6 Å². The van der Waals surface area contributed by atoms with Gasteiger partial charge in [-0.15, -0.1) is 0 Å². The van der Waals surface area contributed by atoms with Crippen molar-refractivity contribution in [3.05, 3.63) is 64.9 Å². The molecule has 0 bridgehead atoms. The molecule has 1 aliphatic heterocycles.